The van der Waals surface area contributed by atoms with E-state index in [9.17, 15) is 5.11 Å². The smallest absolute Gasteiger partial charge is 0.192 e. The lowest BCUT2D eigenvalue weighted by atomic mass is 9.89. The summed E-state index contributed by atoms with van der Waals surface area (Å²) < 4.78 is 38.0. The number of benzene rings is 3. The molecule has 0 bridgehead atoms. The van der Waals surface area contributed by atoms with Gasteiger partial charge in [0.25, 0.3) is 0 Å². The zero-order chi connectivity index (χ0) is 38.7. The summed E-state index contributed by atoms with van der Waals surface area (Å²) >= 11 is 4.02. The number of hydrogen-bond donors (Lipinski definition) is 1. The third-order valence-corrected chi connectivity index (χ3v) is 18.9. The van der Waals surface area contributed by atoms with Gasteiger partial charge in [0.2, 0.25) is 0 Å². The largest absolute Gasteiger partial charge is 0.497 e. The van der Waals surface area contributed by atoms with Crippen LogP contribution in [0.2, 0.25) is 18.1 Å². The first-order valence-electron chi connectivity index (χ1n) is 19.7. The second kappa shape index (κ2) is 19.9. The highest BCUT2D eigenvalue weighted by atomic mass is 32.2. The molecule has 1 N–H and O–H groups in total. The van der Waals surface area contributed by atoms with Crippen LogP contribution in [0, 0.1) is 0 Å². The zero-order valence-corrected chi connectivity index (χ0v) is 36.2. The Bertz CT molecular complexity index is 1520. The zero-order valence-electron chi connectivity index (χ0n) is 33.6. The van der Waals surface area contributed by atoms with Crippen LogP contribution in [0.4, 0.5) is 0 Å². The normalized spacial score (nSPS) is 21.5. The van der Waals surface area contributed by atoms with Crippen molar-refractivity contribution in [1.29, 1.82) is 0 Å². The van der Waals surface area contributed by atoms with Crippen LogP contribution in [0.3, 0.4) is 0 Å². The summed E-state index contributed by atoms with van der Waals surface area (Å²) in [5.74, 6) is 3.73. The van der Waals surface area contributed by atoms with Crippen LogP contribution in [-0.2, 0) is 25.2 Å². The van der Waals surface area contributed by atoms with E-state index in [1.807, 2.05) is 84.2 Å². The molecule has 5 rings (SSSR count). The van der Waals surface area contributed by atoms with Gasteiger partial charge in [0, 0.05) is 18.4 Å². The molecule has 54 heavy (non-hydrogen) atoms. The number of methoxy groups -OCH3 is 1. The van der Waals surface area contributed by atoms with Gasteiger partial charge >= 0.3 is 0 Å². The van der Waals surface area contributed by atoms with Gasteiger partial charge in [-0.2, -0.15) is 0 Å². The number of aliphatic hydroxyl groups is 1. The van der Waals surface area contributed by atoms with Crippen LogP contribution >= 0.6 is 23.5 Å². The van der Waals surface area contributed by atoms with Gasteiger partial charge in [-0.25, -0.2) is 0 Å². The highest BCUT2D eigenvalue weighted by Crippen LogP contribution is 2.54. The van der Waals surface area contributed by atoms with E-state index in [2.05, 4.69) is 65.1 Å². The summed E-state index contributed by atoms with van der Waals surface area (Å²) in [4.78, 5) is 0. The van der Waals surface area contributed by atoms with Crippen molar-refractivity contribution in [1.82, 2.24) is 0 Å². The van der Waals surface area contributed by atoms with Crippen LogP contribution in [0.25, 0.3) is 0 Å². The first kappa shape index (κ1) is 43.1. The van der Waals surface area contributed by atoms with Crippen molar-refractivity contribution in [2.75, 3.05) is 31.8 Å². The van der Waals surface area contributed by atoms with E-state index in [4.69, 9.17) is 28.1 Å². The maximum absolute atomic E-state index is 12.0. The molecule has 3 aromatic carbocycles. The van der Waals surface area contributed by atoms with Crippen LogP contribution in [0.1, 0.15) is 90.1 Å². The maximum Gasteiger partial charge on any atom is 0.192 e. The average molecular weight is 797 g/mol. The van der Waals surface area contributed by atoms with Crippen molar-refractivity contribution in [3.05, 3.63) is 96.1 Å². The van der Waals surface area contributed by atoms with Gasteiger partial charge in [-0.15, -0.1) is 23.5 Å². The van der Waals surface area contributed by atoms with Gasteiger partial charge in [-0.1, -0.05) is 81.4 Å². The lowest BCUT2D eigenvalue weighted by Gasteiger charge is -2.50. The molecule has 0 radical (unpaired) electrons. The maximum atomic E-state index is 12.0. The summed E-state index contributed by atoms with van der Waals surface area (Å²) in [7, 11) is -0.529. The van der Waals surface area contributed by atoms with Gasteiger partial charge < -0.3 is 33.2 Å². The molecule has 1 unspecified atom stereocenters. The summed E-state index contributed by atoms with van der Waals surface area (Å²) in [5, 5.41) is 12.1. The van der Waals surface area contributed by atoms with Gasteiger partial charge in [0.05, 0.1) is 54.9 Å². The van der Waals surface area contributed by atoms with Crippen molar-refractivity contribution < 1.29 is 33.2 Å². The van der Waals surface area contributed by atoms with Crippen LogP contribution in [0.15, 0.2) is 84.9 Å². The highest BCUT2D eigenvalue weighted by Gasteiger charge is 2.49. The molecule has 2 fully saturated rings. The molecule has 2 saturated heterocycles. The minimum atomic E-state index is -2.19. The quantitative estimate of drug-likeness (QED) is 0.119. The Morgan fingerprint density at radius 2 is 1.56 bits per heavy atom. The van der Waals surface area contributed by atoms with Crippen molar-refractivity contribution in [3.8, 4) is 11.5 Å². The number of hydrogen-bond acceptors (Lipinski definition) is 9. The minimum absolute atomic E-state index is 0.000701. The summed E-state index contributed by atoms with van der Waals surface area (Å²) in [6.07, 6.45) is 4.35. The van der Waals surface area contributed by atoms with Crippen LogP contribution < -0.4 is 9.47 Å². The van der Waals surface area contributed by atoms with Gasteiger partial charge in [-0.05, 0) is 98.5 Å². The third-order valence-electron chi connectivity index (χ3n) is 10.9. The highest BCUT2D eigenvalue weighted by molar-refractivity contribution is 8.18. The molecule has 2 aliphatic rings. The molecule has 0 spiro atoms. The molecule has 3 aromatic rings. The first-order chi connectivity index (χ1) is 25.8. The van der Waals surface area contributed by atoms with E-state index in [0.29, 0.717) is 39.1 Å². The molecule has 0 amide bonds. The summed E-state index contributed by atoms with van der Waals surface area (Å²) in [6.45, 7) is 15.6. The molecule has 2 aliphatic heterocycles. The molecule has 7 nitrogen and oxygen atoms in total. The molecule has 0 saturated carbocycles. The molecular weight excluding hydrogens is 733 g/mol. The van der Waals surface area contributed by atoms with Crippen molar-refractivity contribution in [3.63, 3.8) is 0 Å². The topological polar surface area (TPSA) is 75.6 Å². The van der Waals surface area contributed by atoms with Crippen molar-refractivity contribution in [2.24, 2.45) is 0 Å². The van der Waals surface area contributed by atoms with E-state index >= 15 is 0 Å². The van der Waals surface area contributed by atoms with Crippen molar-refractivity contribution in [2.45, 2.75) is 132 Å². The molecule has 2 heterocycles. The number of rotatable bonds is 19. The Balaban J connectivity index is 1.32. The molecule has 5 atom stereocenters. The van der Waals surface area contributed by atoms with E-state index in [-0.39, 0.29) is 27.6 Å². The van der Waals surface area contributed by atoms with Crippen LogP contribution in [0.5, 0.6) is 11.5 Å². The Morgan fingerprint density at radius 1 is 0.907 bits per heavy atom. The molecule has 0 aliphatic carbocycles. The second-order valence-electron chi connectivity index (χ2n) is 16.6. The summed E-state index contributed by atoms with van der Waals surface area (Å²) in [6, 6.07) is 28.1. The average Bonchev–Trinajstić information content (AvgIpc) is 3.14. The molecule has 298 valence electrons. The molecule has 10 heteroatoms. The molecular formula is C44H64O7S2Si. The van der Waals surface area contributed by atoms with Crippen LogP contribution in [-0.4, -0.2) is 73.2 Å². The van der Waals surface area contributed by atoms with Gasteiger partial charge in [0.1, 0.15) is 11.5 Å². The van der Waals surface area contributed by atoms with E-state index in [0.717, 1.165) is 53.4 Å². The fourth-order valence-electron chi connectivity index (χ4n) is 7.19. The Morgan fingerprint density at radius 3 is 2.20 bits per heavy atom. The molecule has 0 aromatic heterocycles. The fraction of sp³-hybridized carbons (Fsp3) is 0.591. The number of thioether (sulfide) groups is 2. The third kappa shape index (κ3) is 13.0. The monoisotopic (exact) mass is 796 g/mol. The van der Waals surface area contributed by atoms with E-state index in [1.54, 1.807) is 7.11 Å². The minimum Gasteiger partial charge on any atom is -0.497 e. The predicted octanol–water partition coefficient (Wildman–Crippen LogP) is 10.8. The summed E-state index contributed by atoms with van der Waals surface area (Å²) in [5.41, 5.74) is 1.70. The van der Waals surface area contributed by atoms with Gasteiger partial charge in [0.15, 0.2) is 14.6 Å². The lowest BCUT2D eigenvalue weighted by molar-refractivity contribution is -0.226. The Kier molecular flexibility index (Phi) is 15.9. The number of ether oxygens (including phenoxy) is 5. The predicted molar refractivity (Wildman–Crippen MR) is 226 cm³/mol. The van der Waals surface area contributed by atoms with E-state index in [1.165, 1.54) is 6.42 Å². The second-order valence-corrected chi connectivity index (χ2v) is 24.6. The first-order valence-corrected chi connectivity index (χ1v) is 24.6. The standard InChI is InChI=1S/C44H64O7S2Si/c1-42(2,3)54(6,7)51-43(4,31-40-24-26-48-41(50-40)35-17-12-9-13-18-35)33-44(52-27-14-28-53-44)30-36(45)29-39(49-32-34-15-10-8-11-16-34)23-25-47-38-21-19-37(46-5)20-22-38/h8-13,15-22,36,39-41,45H,14,23-33H2,1-7H3/t36-,39-,40-,41?,43-/m0/s1. The lowest BCUT2D eigenvalue weighted by Crippen LogP contribution is -2.53. The van der Waals surface area contributed by atoms with Crippen molar-refractivity contribution >= 4 is 31.8 Å². The van der Waals surface area contributed by atoms with Gasteiger partial charge in [-0.3, -0.25) is 0 Å². The Labute approximate surface area is 334 Å². The Hall–Kier alpha value is -2.02. The SMILES string of the molecule is COc1ccc(OCC[C@@H](C[C@H](O)CC2(C[C@](C)(C[C@@H]3CCOC(c4ccccc4)O3)O[Si](C)(C)C(C)(C)C)SCCCS2)OCc2ccccc2)cc1. The van der Waals surface area contributed by atoms with E-state index < -0.39 is 20.0 Å². The number of aliphatic hydroxyl groups excluding tert-OH is 1. The fourth-order valence-corrected chi connectivity index (χ4v) is 12.7.